The summed E-state index contributed by atoms with van der Waals surface area (Å²) in [6, 6.07) is 12.4. The Balaban J connectivity index is 1.96. The van der Waals surface area contributed by atoms with Crippen LogP contribution in [0, 0.1) is 0 Å². The molecule has 0 saturated carbocycles. The first kappa shape index (κ1) is 20.6. The lowest BCUT2D eigenvalue weighted by Gasteiger charge is -2.21. The van der Waals surface area contributed by atoms with Crippen LogP contribution < -0.4 is 14.8 Å². The fraction of sp³-hybridized carbons (Fsp3) is 0.300. The van der Waals surface area contributed by atoms with Gasteiger partial charge in [0.15, 0.2) is 11.5 Å². The van der Waals surface area contributed by atoms with Crippen LogP contribution >= 0.6 is 11.6 Å². The lowest BCUT2D eigenvalue weighted by Crippen LogP contribution is -2.38. The summed E-state index contributed by atoms with van der Waals surface area (Å²) in [6.45, 7) is 1.84. The third-order valence-corrected chi connectivity index (χ3v) is 4.28. The zero-order chi connectivity index (χ0) is 19.8. The van der Waals surface area contributed by atoms with Crippen LogP contribution in [0.4, 0.5) is 5.69 Å². The summed E-state index contributed by atoms with van der Waals surface area (Å²) in [5, 5.41) is 3.35. The fourth-order valence-corrected chi connectivity index (χ4v) is 2.68. The van der Waals surface area contributed by atoms with Gasteiger partial charge in [-0.25, -0.2) is 0 Å². The Kier molecular flexibility index (Phi) is 7.49. The van der Waals surface area contributed by atoms with Gasteiger partial charge in [-0.1, -0.05) is 17.7 Å². The van der Waals surface area contributed by atoms with Crippen LogP contribution in [0.1, 0.15) is 12.5 Å². The van der Waals surface area contributed by atoms with Gasteiger partial charge in [-0.3, -0.25) is 9.59 Å². The van der Waals surface area contributed by atoms with E-state index in [1.54, 1.807) is 38.5 Å². The number of carbonyl (C=O) groups is 2. The van der Waals surface area contributed by atoms with E-state index in [0.29, 0.717) is 35.2 Å². The molecule has 0 aliphatic rings. The van der Waals surface area contributed by atoms with Crippen molar-refractivity contribution >= 4 is 29.1 Å². The molecular formula is C20H23ClN2O4. The average molecular weight is 391 g/mol. The summed E-state index contributed by atoms with van der Waals surface area (Å²) in [4.78, 5) is 25.6. The number of nitrogens with zero attached hydrogens (tertiary/aromatic N) is 1. The van der Waals surface area contributed by atoms with Gasteiger partial charge < -0.3 is 19.7 Å². The Hall–Kier alpha value is -2.73. The second-order valence-corrected chi connectivity index (χ2v) is 6.37. The smallest absolute Gasteiger partial charge is 0.243 e. The third kappa shape index (κ3) is 6.18. The molecule has 0 aliphatic heterocycles. The quantitative estimate of drug-likeness (QED) is 0.750. The number of hydrogen-bond donors (Lipinski definition) is 1. The fourth-order valence-electron chi connectivity index (χ4n) is 2.56. The van der Waals surface area contributed by atoms with Crippen LogP contribution in [0.3, 0.4) is 0 Å². The van der Waals surface area contributed by atoms with E-state index in [2.05, 4.69) is 5.32 Å². The summed E-state index contributed by atoms with van der Waals surface area (Å²) in [7, 11) is 3.15. The molecule has 0 heterocycles. The van der Waals surface area contributed by atoms with Gasteiger partial charge in [0.1, 0.15) is 0 Å². The van der Waals surface area contributed by atoms with Crippen molar-refractivity contribution in [1.82, 2.24) is 4.90 Å². The van der Waals surface area contributed by atoms with E-state index in [4.69, 9.17) is 21.1 Å². The van der Waals surface area contributed by atoms with E-state index in [9.17, 15) is 9.59 Å². The number of rotatable bonds is 8. The van der Waals surface area contributed by atoms with Crippen molar-refractivity contribution in [3.63, 3.8) is 0 Å². The zero-order valence-corrected chi connectivity index (χ0v) is 16.4. The van der Waals surface area contributed by atoms with E-state index >= 15 is 0 Å². The van der Waals surface area contributed by atoms with Crippen LogP contribution in [0.25, 0.3) is 0 Å². The monoisotopic (exact) mass is 390 g/mol. The second kappa shape index (κ2) is 9.83. The van der Waals surface area contributed by atoms with Gasteiger partial charge in [-0.2, -0.15) is 0 Å². The van der Waals surface area contributed by atoms with Gasteiger partial charge >= 0.3 is 0 Å². The SMILES string of the molecule is COc1ccc(CCN(CC(=O)Nc2ccc(Cl)cc2)C(C)=O)cc1OC. The Morgan fingerprint density at radius 3 is 2.30 bits per heavy atom. The molecule has 1 N–H and O–H groups in total. The molecule has 144 valence electrons. The highest BCUT2D eigenvalue weighted by molar-refractivity contribution is 6.30. The topological polar surface area (TPSA) is 67.9 Å². The predicted molar refractivity (Wildman–Crippen MR) is 106 cm³/mol. The lowest BCUT2D eigenvalue weighted by molar-refractivity contribution is -0.132. The van der Waals surface area contributed by atoms with Gasteiger partial charge in [0.25, 0.3) is 0 Å². The first-order valence-corrected chi connectivity index (χ1v) is 8.82. The maximum atomic E-state index is 12.2. The van der Waals surface area contributed by atoms with Crippen molar-refractivity contribution in [1.29, 1.82) is 0 Å². The van der Waals surface area contributed by atoms with Crippen LogP contribution in [-0.2, 0) is 16.0 Å². The van der Waals surface area contributed by atoms with Crippen LogP contribution in [0.2, 0.25) is 5.02 Å². The Morgan fingerprint density at radius 1 is 1.04 bits per heavy atom. The minimum absolute atomic E-state index is 0.0226. The summed E-state index contributed by atoms with van der Waals surface area (Å²) in [5.41, 5.74) is 1.62. The molecule has 7 heteroatoms. The van der Waals surface area contributed by atoms with E-state index in [1.807, 2.05) is 18.2 Å². The maximum absolute atomic E-state index is 12.2. The van der Waals surface area contributed by atoms with Crippen molar-refractivity contribution < 1.29 is 19.1 Å². The van der Waals surface area contributed by atoms with Gasteiger partial charge in [-0.05, 0) is 48.4 Å². The molecule has 0 aromatic heterocycles. The third-order valence-electron chi connectivity index (χ3n) is 4.03. The molecule has 2 rings (SSSR count). The Labute approximate surface area is 164 Å². The Morgan fingerprint density at radius 2 is 1.70 bits per heavy atom. The summed E-state index contributed by atoms with van der Waals surface area (Å²) in [5.74, 6) is 0.846. The first-order valence-electron chi connectivity index (χ1n) is 8.44. The average Bonchev–Trinajstić information content (AvgIpc) is 2.66. The minimum Gasteiger partial charge on any atom is -0.493 e. The molecule has 0 saturated heterocycles. The van der Waals surface area contributed by atoms with Crippen LogP contribution in [0.15, 0.2) is 42.5 Å². The molecule has 2 aromatic carbocycles. The number of hydrogen-bond acceptors (Lipinski definition) is 4. The number of carbonyl (C=O) groups excluding carboxylic acids is 2. The molecule has 27 heavy (non-hydrogen) atoms. The molecule has 6 nitrogen and oxygen atoms in total. The normalized spacial score (nSPS) is 10.2. The van der Waals surface area contributed by atoms with E-state index < -0.39 is 0 Å². The highest BCUT2D eigenvalue weighted by Crippen LogP contribution is 2.27. The number of amides is 2. The van der Waals surface area contributed by atoms with Crippen molar-refractivity contribution in [2.45, 2.75) is 13.3 Å². The standard InChI is InChI=1S/C20H23ClN2O4/c1-14(24)23(13-20(25)22-17-7-5-16(21)6-8-17)11-10-15-4-9-18(26-2)19(12-15)27-3/h4-9,12H,10-11,13H2,1-3H3,(H,22,25). The van der Waals surface area contributed by atoms with Crippen molar-refractivity contribution in [3.05, 3.63) is 53.1 Å². The first-order chi connectivity index (χ1) is 12.9. The minimum atomic E-state index is -0.264. The van der Waals surface area contributed by atoms with E-state index in [-0.39, 0.29) is 18.4 Å². The summed E-state index contributed by atoms with van der Waals surface area (Å²) < 4.78 is 10.5. The van der Waals surface area contributed by atoms with Crippen molar-refractivity contribution in [3.8, 4) is 11.5 Å². The molecule has 0 spiro atoms. The largest absolute Gasteiger partial charge is 0.493 e. The molecule has 0 radical (unpaired) electrons. The lowest BCUT2D eigenvalue weighted by atomic mass is 10.1. The van der Waals surface area contributed by atoms with Gasteiger partial charge in [0, 0.05) is 24.2 Å². The zero-order valence-electron chi connectivity index (χ0n) is 15.6. The summed E-state index contributed by atoms with van der Waals surface area (Å²) >= 11 is 5.83. The Bertz CT molecular complexity index is 793. The number of anilines is 1. The summed E-state index contributed by atoms with van der Waals surface area (Å²) in [6.07, 6.45) is 0.591. The van der Waals surface area contributed by atoms with Gasteiger partial charge in [0.2, 0.25) is 11.8 Å². The molecule has 0 fully saturated rings. The molecule has 0 unspecified atom stereocenters. The predicted octanol–water partition coefficient (Wildman–Crippen LogP) is 3.39. The number of nitrogens with one attached hydrogen (secondary N) is 1. The molecule has 0 bridgehead atoms. The number of ether oxygens (including phenoxy) is 2. The highest BCUT2D eigenvalue weighted by atomic mass is 35.5. The molecule has 0 atom stereocenters. The van der Waals surface area contributed by atoms with Gasteiger partial charge in [-0.15, -0.1) is 0 Å². The highest BCUT2D eigenvalue weighted by Gasteiger charge is 2.14. The molecule has 2 aromatic rings. The van der Waals surface area contributed by atoms with E-state index in [1.165, 1.54) is 11.8 Å². The second-order valence-electron chi connectivity index (χ2n) is 5.93. The number of benzene rings is 2. The molecule has 2 amide bonds. The van der Waals surface area contributed by atoms with Crippen molar-refractivity contribution in [2.24, 2.45) is 0 Å². The number of methoxy groups -OCH3 is 2. The molecule has 0 aliphatic carbocycles. The van der Waals surface area contributed by atoms with Gasteiger partial charge in [0.05, 0.1) is 20.8 Å². The van der Waals surface area contributed by atoms with Crippen LogP contribution in [0.5, 0.6) is 11.5 Å². The number of halogens is 1. The van der Waals surface area contributed by atoms with Crippen LogP contribution in [-0.4, -0.2) is 44.0 Å². The van der Waals surface area contributed by atoms with E-state index in [0.717, 1.165) is 5.56 Å². The maximum Gasteiger partial charge on any atom is 0.243 e. The molecular weight excluding hydrogens is 368 g/mol. The van der Waals surface area contributed by atoms with Crippen molar-refractivity contribution in [2.75, 3.05) is 32.6 Å².